The third kappa shape index (κ3) is 4.84. The lowest BCUT2D eigenvalue weighted by Crippen LogP contribution is -2.19. The number of aryl methyl sites for hydroxylation is 1. The molecule has 0 unspecified atom stereocenters. The van der Waals surface area contributed by atoms with Gasteiger partial charge in [-0.25, -0.2) is 17.8 Å². The highest BCUT2D eigenvalue weighted by Crippen LogP contribution is 2.27. The first-order valence-electron chi connectivity index (χ1n) is 9.53. The lowest BCUT2D eigenvalue weighted by atomic mass is 10.1. The number of carbonyl (C=O) groups is 1. The number of hydrogen-bond donors (Lipinski definition) is 2. The van der Waals surface area contributed by atoms with Gasteiger partial charge in [-0.05, 0) is 37.3 Å². The summed E-state index contributed by atoms with van der Waals surface area (Å²) in [5.74, 6) is -1.29. The molecule has 1 heterocycles. The molecule has 0 aliphatic heterocycles. The van der Waals surface area contributed by atoms with Crippen LogP contribution < -0.4 is 10.0 Å². The van der Waals surface area contributed by atoms with E-state index in [-0.39, 0.29) is 16.1 Å². The van der Waals surface area contributed by atoms with Crippen molar-refractivity contribution in [1.29, 1.82) is 0 Å². The molecule has 32 heavy (non-hydrogen) atoms. The van der Waals surface area contributed by atoms with Crippen LogP contribution in [0.25, 0.3) is 11.3 Å². The molecule has 2 N–H and O–H groups in total. The molecule has 1 aromatic heterocycles. The van der Waals surface area contributed by atoms with Crippen molar-refractivity contribution in [3.63, 3.8) is 0 Å². The van der Waals surface area contributed by atoms with E-state index in [1.165, 1.54) is 29.5 Å². The normalized spacial score (nSPS) is 11.2. The number of nitrogens with zero attached hydrogens (tertiary/aromatic N) is 1. The Morgan fingerprint density at radius 3 is 2.44 bits per heavy atom. The minimum Gasteiger partial charge on any atom is -0.298 e. The maximum Gasteiger partial charge on any atom is 0.261 e. The Kier molecular flexibility index (Phi) is 6.02. The van der Waals surface area contributed by atoms with Gasteiger partial charge < -0.3 is 0 Å². The van der Waals surface area contributed by atoms with E-state index in [0.717, 1.165) is 23.3 Å². The Hall–Kier alpha value is -3.56. The molecule has 0 atom stereocenters. The summed E-state index contributed by atoms with van der Waals surface area (Å²) in [6, 6.07) is 19.0. The van der Waals surface area contributed by atoms with Crippen molar-refractivity contribution in [3.8, 4) is 11.3 Å². The number of nitrogens with one attached hydrogen (secondary N) is 2. The molecule has 3 aromatic carbocycles. The Balaban J connectivity index is 1.59. The molecule has 162 valence electrons. The summed E-state index contributed by atoms with van der Waals surface area (Å²) >= 11 is 1.23. The summed E-state index contributed by atoms with van der Waals surface area (Å²) in [4.78, 5) is 17.3. The van der Waals surface area contributed by atoms with Crippen molar-refractivity contribution in [2.75, 3.05) is 10.0 Å². The zero-order valence-electron chi connectivity index (χ0n) is 16.9. The van der Waals surface area contributed by atoms with Gasteiger partial charge in [-0.15, -0.1) is 11.3 Å². The predicted molar refractivity (Wildman–Crippen MR) is 124 cm³/mol. The number of benzene rings is 3. The van der Waals surface area contributed by atoms with Gasteiger partial charge in [0.2, 0.25) is 0 Å². The topological polar surface area (TPSA) is 88.2 Å². The average molecular weight is 468 g/mol. The second-order valence-electron chi connectivity index (χ2n) is 6.97. The van der Waals surface area contributed by atoms with Crippen LogP contribution in [0.5, 0.6) is 0 Å². The summed E-state index contributed by atoms with van der Waals surface area (Å²) in [5, 5.41) is 4.79. The van der Waals surface area contributed by atoms with Crippen LogP contribution >= 0.6 is 11.3 Å². The maximum absolute atomic E-state index is 13.9. The Bertz CT molecular complexity index is 1370. The molecule has 9 heteroatoms. The molecule has 0 saturated heterocycles. The number of thiazole rings is 1. The van der Waals surface area contributed by atoms with E-state index in [2.05, 4.69) is 15.0 Å². The van der Waals surface area contributed by atoms with Crippen LogP contribution in [0.4, 0.5) is 15.2 Å². The first kappa shape index (κ1) is 21.7. The van der Waals surface area contributed by atoms with Gasteiger partial charge in [0.15, 0.2) is 5.13 Å². The average Bonchev–Trinajstić information content (AvgIpc) is 3.23. The second kappa shape index (κ2) is 8.89. The standard InChI is InChI=1S/C23H18FN3O3S2/c1-15-7-10-18(11-8-15)32(29,30)27-20-13-17(24)9-12-19(20)22(28)26-23-25-21(14-31-23)16-5-3-2-4-6-16/h2-14,27H,1H3,(H,25,26,28). The van der Waals surface area contributed by atoms with Crippen molar-refractivity contribution in [2.45, 2.75) is 11.8 Å². The SMILES string of the molecule is Cc1ccc(S(=O)(=O)Nc2cc(F)ccc2C(=O)Nc2nc(-c3ccccc3)cs2)cc1. The van der Waals surface area contributed by atoms with E-state index in [9.17, 15) is 17.6 Å². The fraction of sp³-hybridized carbons (Fsp3) is 0.0435. The second-order valence-corrected chi connectivity index (χ2v) is 9.51. The third-order valence-electron chi connectivity index (χ3n) is 4.60. The summed E-state index contributed by atoms with van der Waals surface area (Å²) in [6.07, 6.45) is 0. The van der Waals surface area contributed by atoms with Crippen LogP contribution in [0, 0.1) is 12.7 Å². The largest absolute Gasteiger partial charge is 0.298 e. The van der Waals surface area contributed by atoms with Gasteiger partial charge >= 0.3 is 0 Å². The van der Waals surface area contributed by atoms with Crippen LogP contribution in [0.3, 0.4) is 0 Å². The number of sulfonamides is 1. The van der Waals surface area contributed by atoms with Crippen molar-refractivity contribution >= 4 is 38.1 Å². The third-order valence-corrected chi connectivity index (χ3v) is 6.74. The van der Waals surface area contributed by atoms with E-state index in [0.29, 0.717) is 10.8 Å². The molecule has 4 aromatic rings. The first-order valence-corrected chi connectivity index (χ1v) is 11.9. The molecule has 0 aliphatic rings. The predicted octanol–water partition coefficient (Wildman–Crippen LogP) is 5.31. The van der Waals surface area contributed by atoms with Gasteiger partial charge in [-0.2, -0.15) is 0 Å². The van der Waals surface area contributed by atoms with Gasteiger partial charge in [-0.3, -0.25) is 14.8 Å². The molecule has 0 fully saturated rings. The first-order chi connectivity index (χ1) is 15.3. The van der Waals surface area contributed by atoms with Crippen LogP contribution in [0.2, 0.25) is 0 Å². The number of anilines is 2. The van der Waals surface area contributed by atoms with Crippen molar-refractivity contribution in [3.05, 3.63) is 95.1 Å². The van der Waals surface area contributed by atoms with Crippen LogP contribution in [-0.2, 0) is 10.0 Å². The van der Waals surface area contributed by atoms with Gasteiger partial charge in [0.05, 0.1) is 21.8 Å². The molecular formula is C23H18FN3O3S2. The number of halogens is 1. The lowest BCUT2D eigenvalue weighted by Gasteiger charge is -2.12. The van der Waals surface area contributed by atoms with Gasteiger partial charge in [0.25, 0.3) is 15.9 Å². The fourth-order valence-electron chi connectivity index (χ4n) is 2.96. The van der Waals surface area contributed by atoms with Crippen LogP contribution in [0.1, 0.15) is 15.9 Å². The number of amides is 1. The zero-order valence-corrected chi connectivity index (χ0v) is 18.5. The quantitative estimate of drug-likeness (QED) is 0.402. The molecule has 0 bridgehead atoms. The van der Waals surface area contributed by atoms with Gasteiger partial charge in [0.1, 0.15) is 5.82 Å². The van der Waals surface area contributed by atoms with E-state index in [4.69, 9.17) is 0 Å². The van der Waals surface area contributed by atoms with Crippen molar-refractivity contribution < 1.29 is 17.6 Å². The summed E-state index contributed by atoms with van der Waals surface area (Å²) in [6.45, 7) is 1.83. The molecule has 1 amide bonds. The summed E-state index contributed by atoms with van der Waals surface area (Å²) < 4.78 is 41.7. The molecule has 4 rings (SSSR count). The number of hydrogen-bond acceptors (Lipinski definition) is 5. The Labute approximate surface area is 188 Å². The number of aromatic nitrogens is 1. The van der Waals surface area contributed by atoms with E-state index >= 15 is 0 Å². The minimum absolute atomic E-state index is 0.00569. The molecular weight excluding hydrogens is 449 g/mol. The van der Waals surface area contributed by atoms with Crippen molar-refractivity contribution in [1.82, 2.24) is 4.98 Å². The highest BCUT2D eigenvalue weighted by atomic mass is 32.2. The fourth-order valence-corrected chi connectivity index (χ4v) is 4.74. The molecule has 0 aliphatic carbocycles. The van der Waals surface area contributed by atoms with Crippen molar-refractivity contribution in [2.24, 2.45) is 0 Å². The number of rotatable bonds is 6. The highest BCUT2D eigenvalue weighted by Gasteiger charge is 2.20. The van der Waals surface area contributed by atoms with E-state index in [1.54, 1.807) is 17.5 Å². The zero-order chi connectivity index (χ0) is 22.7. The van der Waals surface area contributed by atoms with E-state index < -0.39 is 21.7 Å². The van der Waals surface area contributed by atoms with Gasteiger partial charge in [-0.1, -0.05) is 48.0 Å². The summed E-state index contributed by atoms with van der Waals surface area (Å²) in [7, 11) is -4.02. The highest BCUT2D eigenvalue weighted by molar-refractivity contribution is 7.92. The lowest BCUT2D eigenvalue weighted by molar-refractivity contribution is 0.102. The van der Waals surface area contributed by atoms with E-state index in [1.807, 2.05) is 37.3 Å². The molecule has 0 saturated carbocycles. The minimum atomic E-state index is -4.02. The Morgan fingerprint density at radius 2 is 1.72 bits per heavy atom. The molecule has 0 spiro atoms. The smallest absolute Gasteiger partial charge is 0.261 e. The number of carbonyl (C=O) groups excluding carboxylic acids is 1. The van der Waals surface area contributed by atoms with Crippen LogP contribution in [0.15, 0.2) is 83.1 Å². The summed E-state index contributed by atoms with van der Waals surface area (Å²) in [5.41, 5.74) is 2.30. The Morgan fingerprint density at radius 1 is 1.00 bits per heavy atom. The maximum atomic E-state index is 13.9. The molecule has 6 nitrogen and oxygen atoms in total. The van der Waals surface area contributed by atoms with Gasteiger partial charge in [0, 0.05) is 10.9 Å². The van der Waals surface area contributed by atoms with Crippen LogP contribution in [-0.4, -0.2) is 19.3 Å². The molecule has 0 radical (unpaired) electrons. The monoisotopic (exact) mass is 467 g/mol.